The molecule has 1 fully saturated rings. The fourth-order valence-electron chi connectivity index (χ4n) is 2.04. The van der Waals surface area contributed by atoms with Crippen molar-refractivity contribution in [3.05, 3.63) is 0 Å². The van der Waals surface area contributed by atoms with Gasteiger partial charge >= 0.3 is 0 Å². The van der Waals surface area contributed by atoms with Gasteiger partial charge in [-0.05, 0) is 32.4 Å². The first-order chi connectivity index (χ1) is 7.97. The molecule has 3 atom stereocenters. The van der Waals surface area contributed by atoms with Crippen LogP contribution in [0.3, 0.4) is 0 Å². The first-order valence-corrected chi connectivity index (χ1v) is 6.27. The molecule has 3 unspecified atom stereocenters. The maximum Gasteiger partial charge on any atom is 0.243 e. The molecule has 3 N–H and O–H groups in total. The predicted molar refractivity (Wildman–Crippen MR) is 66.2 cm³/mol. The van der Waals surface area contributed by atoms with E-state index in [-0.39, 0.29) is 23.8 Å². The smallest absolute Gasteiger partial charge is 0.243 e. The summed E-state index contributed by atoms with van der Waals surface area (Å²) in [6, 6.07) is -0.779. The third-order valence-corrected chi connectivity index (χ3v) is 3.63. The standard InChI is InChI=1S/C12H23N3O2/c1-4-8(2)10(13)12(17)14-11(16)9-6-5-7-15(9)3/h8-10H,4-7,13H2,1-3H3,(H,14,16,17). The Labute approximate surface area is 103 Å². The van der Waals surface area contributed by atoms with E-state index < -0.39 is 6.04 Å². The van der Waals surface area contributed by atoms with Crippen LogP contribution in [-0.2, 0) is 9.59 Å². The molecule has 1 aliphatic rings. The van der Waals surface area contributed by atoms with Crippen LogP contribution in [0, 0.1) is 5.92 Å². The van der Waals surface area contributed by atoms with Crippen molar-refractivity contribution in [1.29, 1.82) is 0 Å². The molecule has 98 valence electrons. The molecule has 0 aromatic heterocycles. The zero-order chi connectivity index (χ0) is 13.0. The zero-order valence-electron chi connectivity index (χ0n) is 10.9. The Morgan fingerprint density at radius 1 is 1.53 bits per heavy atom. The van der Waals surface area contributed by atoms with E-state index in [1.165, 1.54) is 0 Å². The van der Waals surface area contributed by atoms with Crippen LogP contribution < -0.4 is 11.1 Å². The largest absolute Gasteiger partial charge is 0.320 e. The second kappa shape index (κ2) is 6.12. The number of nitrogens with one attached hydrogen (secondary N) is 1. The Morgan fingerprint density at radius 2 is 2.18 bits per heavy atom. The van der Waals surface area contributed by atoms with Crippen molar-refractivity contribution in [3.63, 3.8) is 0 Å². The summed E-state index contributed by atoms with van der Waals surface area (Å²) in [5.74, 6) is -0.484. The van der Waals surface area contributed by atoms with E-state index in [1.54, 1.807) is 0 Å². The number of amides is 2. The summed E-state index contributed by atoms with van der Waals surface area (Å²) in [6.07, 6.45) is 2.64. The van der Waals surface area contributed by atoms with E-state index in [0.717, 1.165) is 25.8 Å². The number of hydrogen-bond acceptors (Lipinski definition) is 4. The topological polar surface area (TPSA) is 75.4 Å². The molecule has 5 heteroatoms. The molecule has 1 saturated heterocycles. The molecule has 0 bridgehead atoms. The Bertz CT molecular complexity index is 293. The molecule has 0 aliphatic carbocycles. The highest BCUT2D eigenvalue weighted by atomic mass is 16.2. The number of likely N-dealkylation sites (N-methyl/N-ethyl adjacent to an activating group) is 1. The second-order valence-corrected chi connectivity index (χ2v) is 4.90. The molecule has 1 rings (SSSR count). The average Bonchev–Trinajstić information content (AvgIpc) is 2.73. The third kappa shape index (κ3) is 3.51. The lowest BCUT2D eigenvalue weighted by Gasteiger charge is -2.21. The van der Waals surface area contributed by atoms with Crippen molar-refractivity contribution < 1.29 is 9.59 Å². The van der Waals surface area contributed by atoms with Crippen molar-refractivity contribution in [2.45, 2.75) is 45.2 Å². The van der Waals surface area contributed by atoms with Crippen LogP contribution in [0.4, 0.5) is 0 Å². The summed E-state index contributed by atoms with van der Waals surface area (Å²) in [5, 5.41) is 2.42. The first kappa shape index (κ1) is 14.1. The summed E-state index contributed by atoms with van der Waals surface area (Å²) >= 11 is 0. The Hall–Kier alpha value is -0.940. The Morgan fingerprint density at radius 3 is 2.65 bits per heavy atom. The van der Waals surface area contributed by atoms with Crippen LogP contribution in [0.15, 0.2) is 0 Å². The zero-order valence-corrected chi connectivity index (χ0v) is 10.9. The number of nitrogens with two attached hydrogens (primary N) is 1. The van der Waals surface area contributed by atoms with Gasteiger partial charge in [-0.25, -0.2) is 0 Å². The predicted octanol–water partition coefficient (Wildman–Crippen LogP) is 0.0968. The minimum Gasteiger partial charge on any atom is -0.320 e. The van der Waals surface area contributed by atoms with Crippen molar-refractivity contribution in [1.82, 2.24) is 10.2 Å². The van der Waals surface area contributed by atoms with Crippen LogP contribution >= 0.6 is 0 Å². The molecule has 0 radical (unpaired) electrons. The van der Waals surface area contributed by atoms with Crippen LogP contribution in [0.2, 0.25) is 0 Å². The van der Waals surface area contributed by atoms with Crippen molar-refractivity contribution >= 4 is 11.8 Å². The number of carbonyl (C=O) groups excluding carboxylic acids is 2. The summed E-state index contributed by atoms with van der Waals surface area (Å²) in [4.78, 5) is 25.6. The van der Waals surface area contributed by atoms with Gasteiger partial charge in [-0.1, -0.05) is 20.3 Å². The summed E-state index contributed by atoms with van der Waals surface area (Å²) in [7, 11) is 1.90. The summed E-state index contributed by atoms with van der Waals surface area (Å²) in [6.45, 7) is 4.80. The van der Waals surface area contributed by atoms with E-state index in [1.807, 2.05) is 25.8 Å². The molecular weight excluding hydrogens is 218 g/mol. The van der Waals surface area contributed by atoms with Gasteiger partial charge in [0.2, 0.25) is 11.8 Å². The van der Waals surface area contributed by atoms with Crippen molar-refractivity contribution in [3.8, 4) is 0 Å². The number of hydrogen-bond donors (Lipinski definition) is 2. The van der Waals surface area contributed by atoms with Crippen LogP contribution in [0.25, 0.3) is 0 Å². The van der Waals surface area contributed by atoms with Crippen LogP contribution in [0.5, 0.6) is 0 Å². The first-order valence-electron chi connectivity index (χ1n) is 6.27. The van der Waals surface area contributed by atoms with Crippen molar-refractivity contribution in [2.75, 3.05) is 13.6 Å². The molecule has 0 saturated carbocycles. The van der Waals surface area contributed by atoms with E-state index in [9.17, 15) is 9.59 Å². The van der Waals surface area contributed by atoms with Gasteiger partial charge in [0.1, 0.15) is 0 Å². The highest BCUT2D eigenvalue weighted by molar-refractivity contribution is 6.00. The van der Waals surface area contributed by atoms with Gasteiger partial charge in [-0.15, -0.1) is 0 Å². The van der Waals surface area contributed by atoms with E-state index in [2.05, 4.69) is 5.32 Å². The monoisotopic (exact) mass is 241 g/mol. The Kier molecular flexibility index (Phi) is 5.08. The SMILES string of the molecule is CCC(C)C(N)C(=O)NC(=O)C1CCCN1C. The quantitative estimate of drug-likeness (QED) is 0.732. The third-order valence-electron chi connectivity index (χ3n) is 3.63. The maximum absolute atomic E-state index is 11.9. The van der Waals surface area contributed by atoms with Gasteiger partial charge in [0.25, 0.3) is 0 Å². The summed E-state index contributed by atoms with van der Waals surface area (Å²) < 4.78 is 0. The number of nitrogens with zero attached hydrogens (tertiary/aromatic N) is 1. The fraction of sp³-hybridized carbons (Fsp3) is 0.833. The van der Waals surface area contributed by atoms with Gasteiger partial charge in [0.05, 0.1) is 12.1 Å². The molecule has 1 aliphatic heterocycles. The Balaban J connectivity index is 2.48. The normalized spacial score (nSPS) is 24.4. The minimum absolute atomic E-state index is 0.0871. The lowest BCUT2D eigenvalue weighted by molar-refractivity contribution is -0.134. The van der Waals surface area contributed by atoms with Crippen LogP contribution in [0.1, 0.15) is 33.1 Å². The van der Waals surface area contributed by atoms with Gasteiger partial charge in [0.15, 0.2) is 0 Å². The fourth-order valence-corrected chi connectivity index (χ4v) is 2.04. The maximum atomic E-state index is 11.9. The van der Waals surface area contributed by atoms with Gasteiger partial charge < -0.3 is 5.73 Å². The molecule has 17 heavy (non-hydrogen) atoms. The number of carbonyl (C=O) groups is 2. The lowest BCUT2D eigenvalue weighted by Crippen LogP contribution is -2.51. The van der Waals surface area contributed by atoms with Gasteiger partial charge in [0, 0.05) is 0 Å². The molecule has 0 aromatic carbocycles. The number of rotatable bonds is 4. The minimum atomic E-state index is -0.601. The molecule has 2 amide bonds. The highest BCUT2D eigenvalue weighted by Crippen LogP contribution is 2.14. The molecular formula is C12H23N3O2. The molecule has 0 aromatic rings. The van der Waals surface area contributed by atoms with E-state index >= 15 is 0 Å². The molecule has 5 nitrogen and oxygen atoms in total. The second-order valence-electron chi connectivity index (χ2n) is 4.90. The van der Waals surface area contributed by atoms with E-state index in [4.69, 9.17) is 5.73 Å². The molecule has 1 heterocycles. The summed E-state index contributed by atoms with van der Waals surface area (Å²) in [5.41, 5.74) is 5.78. The van der Waals surface area contributed by atoms with Crippen LogP contribution in [-0.4, -0.2) is 42.4 Å². The number of imide groups is 1. The average molecular weight is 241 g/mol. The van der Waals surface area contributed by atoms with Gasteiger partial charge in [-0.3, -0.25) is 19.8 Å². The van der Waals surface area contributed by atoms with Crippen molar-refractivity contribution in [2.24, 2.45) is 11.7 Å². The molecule has 0 spiro atoms. The van der Waals surface area contributed by atoms with Gasteiger partial charge in [-0.2, -0.15) is 0 Å². The highest BCUT2D eigenvalue weighted by Gasteiger charge is 2.30. The number of likely N-dealkylation sites (tertiary alicyclic amines) is 1. The lowest BCUT2D eigenvalue weighted by atomic mass is 9.99. The van der Waals surface area contributed by atoms with E-state index in [0.29, 0.717) is 0 Å².